The summed E-state index contributed by atoms with van der Waals surface area (Å²) >= 11 is 0. The molecule has 20 heavy (non-hydrogen) atoms. The van der Waals surface area contributed by atoms with Crippen molar-refractivity contribution in [2.75, 3.05) is 5.32 Å². The topological polar surface area (TPSA) is 74.7 Å². The number of anilines is 1. The lowest BCUT2D eigenvalue weighted by atomic mass is 9.95. The third-order valence-electron chi connectivity index (χ3n) is 3.50. The van der Waals surface area contributed by atoms with E-state index in [1.54, 1.807) is 6.20 Å². The molecule has 3 rings (SSSR count). The normalized spacial score (nSPS) is 13.6. The molecule has 0 bridgehead atoms. The summed E-state index contributed by atoms with van der Waals surface area (Å²) < 4.78 is 5.41. The predicted molar refractivity (Wildman–Crippen MR) is 74.2 cm³/mol. The molecule has 5 heteroatoms. The van der Waals surface area contributed by atoms with Crippen molar-refractivity contribution in [2.24, 2.45) is 0 Å². The number of aromatic nitrogens is 2. The van der Waals surface area contributed by atoms with Gasteiger partial charge >= 0.3 is 0 Å². The number of nitrogens with zero attached hydrogens (tertiary/aromatic N) is 3. The van der Waals surface area contributed by atoms with Crippen LogP contribution in [0.5, 0.6) is 0 Å². The first-order valence-electron chi connectivity index (χ1n) is 6.84. The van der Waals surface area contributed by atoms with Gasteiger partial charge < -0.3 is 9.73 Å². The highest BCUT2D eigenvalue weighted by atomic mass is 16.4. The second kappa shape index (κ2) is 5.33. The molecular weight excluding hydrogens is 252 g/mol. The maximum Gasteiger partial charge on any atom is 0.213 e. The lowest BCUT2D eigenvalue weighted by molar-refractivity contribution is 0.478. The molecule has 0 spiro atoms. The largest absolute Gasteiger partial charge is 0.444 e. The molecule has 1 N–H and O–H groups in total. The smallest absolute Gasteiger partial charge is 0.213 e. The lowest BCUT2D eigenvalue weighted by Crippen LogP contribution is -2.10. The highest BCUT2D eigenvalue weighted by Crippen LogP contribution is 2.24. The fraction of sp³-hybridized carbons (Fsp3) is 0.400. The van der Waals surface area contributed by atoms with Crippen LogP contribution in [0.1, 0.15) is 41.3 Å². The Kier molecular flexibility index (Phi) is 3.38. The van der Waals surface area contributed by atoms with Gasteiger partial charge in [0.15, 0.2) is 0 Å². The van der Waals surface area contributed by atoms with Gasteiger partial charge in [0.25, 0.3) is 0 Å². The van der Waals surface area contributed by atoms with Crippen LogP contribution in [0.3, 0.4) is 0 Å². The molecule has 2 aromatic rings. The Hall–Kier alpha value is -2.35. The minimum atomic E-state index is 0.439. The minimum absolute atomic E-state index is 0.439. The highest BCUT2D eigenvalue weighted by Gasteiger charge is 2.15. The van der Waals surface area contributed by atoms with E-state index in [0.717, 1.165) is 24.3 Å². The van der Waals surface area contributed by atoms with Gasteiger partial charge in [0.1, 0.15) is 17.6 Å². The average molecular weight is 268 g/mol. The van der Waals surface area contributed by atoms with E-state index in [9.17, 15) is 5.26 Å². The molecule has 1 aliphatic carbocycles. The molecule has 0 saturated heterocycles. The summed E-state index contributed by atoms with van der Waals surface area (Å²) in [5.41, 5.74) is 2.92. The van der Waals surface area contributed by atoms with Crippen molar-refractivity contribution in [1.29, 1.82) is 5.26 Å². The molecule has 0 aromatic carbocycles. The molecule has 2 heterocycles. The monoisotopic (exact) mass is 268 g/mol. The van der Waals surface area contributed by atoms with Crippen LogP contribution in [0.15, 0.2) is 16.7 Å². The molecule has 0 radical (unpaired) electrons. The number of pyridine rings is 1. The summed E-state index contributed by atoms with van der Waals surface area (Å²) in [6, 6.07) is 4.17. The van der Waals surface area contributed by atoms with Crippen LogP contribution < -0.4 is 5.32 Å². The van der Waals surface area contributed by atoms with Crippen LogP contribution in [0.25, 0.3) is 0 Å². The van der Waals surface area contributed by atoms with Gasteiger partial charge in [-0.2, -0.15) is 5.26 Å². The SMILES string of the molecule is Cc1cnc(CNc2nc3c(cc2C#N)CCCC3)o1. The summed E-state index contributed by atoms with van der Waals surface area (Å²) in [6.07, 6.45) is 6.05. The van der Waals surface area contributed by atoms with E-state index < -0.39 is 0 Å². The summed E-state index contributed by atoms with van der Waals surface area (Å²) in [4.78, 5) is 8.74. The molecule has 0 amide bonds. The van der Waals surface area contributed by atoms with Crippen LogP contribution >= 0.6 is 0 Å². The summed E-state index contributed by atoms with van der Waals surface area (Å²) in [7, 11) is 0. The van der Waals surface area contributed by atoms with Crippen molar-refractivity contribution < 1.29 is 4.42 Å². The molecule has 0 aliphatic heterocycles. The number of rotatable bonds is 3. The van der Waals surface area contributed by atoms with Crippen LogP contribution in [0, 0.1) is 18.3 Å². The third kappa shape index (κ3) is 2.50. The van der Waals surface area contributed by atoms with Gasteiger partial charge in [0, 0.05) is 5.69 Å². The molecule has 102 valence electrons. The van der Waals surface area contributed by atoms with Crippen molar-refractivity contribution in [3.05, 3.63) is 40.7 Å². The number of aryl methyl sites for hydroxylation is 3. The van der Waals surface area contributed by atoms with E-state index >= 15 is 0 Å². The van der Waals surface area contributed by atoms with Gasteiger partial charge in [-0.3, -0.25) is 0 Å². The number of hydrogen-bond donors (Lipinski definition) is 1. The first-order valence-corrected chi connectivity index (χ1v) is 6.84. The fourth-order valence-corrected chi connectivity index (χ4v) is 2.50. The van der Waals surface area contributed by atoms with Crippen molar-refractivity contribution in [2.45, 2.75) is 39.2 Å². The van der Waals surface area contributed by atoms with Crippen molar-refractivity contribution >= 4 is 5.82 Å². The van der Waals surface area contributed by atoms with E-state index in [1.165, 1.54) is 18.4 Å². The number of nitriles is 1. The maximum absolute atomic E-state index is 9.25. The number of fused-ring (bicyclic) bond motifs is 1. The Balaban J connectivity index is 1.83. The quantitative estimate of drug-likeness (QED) is 0.926. The predicted octanol–water partition coefficient (Wildman–Crippen LogP) is 2.74. The first-order chi connectivity index (χ1) is 9.76. The third-order valence-corrected chi connectivity index (χ3v) is 3.50. The van der Waals surface area contributed by atoms with Crippen LogP contribution in [-0.4, -0.2) is 9.97 Å². The summed E-state index contributed by atoms with van der Waals surface area (Å²) in [5.74, 6) is 2.01. The Morgan fingerprint density at radius 2 is 2.25 bits per heavy atom. The molecule has 2 aromatic heterocycles. The second-order valence-corrected chi connectivity index (χ2v) is 5.03. The van der Waals surface area contributed by atoms with Gasteiger partial charge in [0.05, 0.1) is 18.3 Å². The molecule has 1 aliphatic rings. The van der Waals surface area contributed by atoms with Crippen molar-refractivity contribution in [3.63, 3.8) is 0 Å². The van der Waals surface area contributed by atoms with Crippen molar-refractivity contribution in [1.82, 2.24) is 9.97 Å². The van der Waals surface area contributed by atoms with Crippen LogP contribution in [0.2, 0.25) is 0 Å². The van der Waals surface area contributed by atoms with Gasteiger partial charge in [-0.25, -0.2) is 9.97 Å². The van der Waals surface area contributed by atoms with E-state index in [2.05, 4.69) is 21.4 Å². The molecule has 0 fully saturated rings. The zero-order valence-electron chi connectivity index (χ0n) is 11.4. The Morgan fingerprint density at radius 1 is 1.40 bits per heavy atom. The Morgan fingerprint density at radius 3 is 3.00 bits per heavy atom. The molecule has 5 nitrogen and oxygen atoms in total. The van der Waals surface area contributed by atoms with E-state index in [1.807, 2.05) is 13.0 Å². The van der Waals surface area contributed by atoms with Gasteiger partial charge in [-0.1, -0.05) is 0 Å². The van der Waals surface area contributed by atoms with Crippen LogP contribution in [0.4, 0.5) is 5.82 Å². The first kappa shape index (κ1) is 12.7. The molecule has 0 atom stereocenters. The average Bonchev–Trinajstić information content (AvgIpc) is 2.89. The van der Waals surface area contributed by atoms with Gasteiger partial charge in [0.2, 0.25) is 5.89 Å². The molecule has 0 unspecified atom stereocenters. The lowest BCUT2D eigenvalue weighted by Gasteiger charge is -2.17. The zero-order chi connectivity index (χ0) is 13.9. The number of nitrogens with one attached hydrogen (secondary N) is 1. The number of hydrogen-bond acceptors (Lipinski definition) is 5. The Bertz CT molecular complexity index is 669. The zero-order valence-corrected chi connectivity index (χ0v) is 11.4. The van der Waals surface area contributed by atoms with Crippen LogP contribution in [-0.2, 0) is 19.4 Å². The number of oxazole rings is 1. The molecule has 0 saturated carbocycles. The van der Waals surface area contributed by atoms with Gasteiger partial charge in [-0.05, 0) is 44.2 Å². The van der Waals surface area contributed by atoms with E-state index in [0.29, 0.717) is 23.8 Å². The summed E-state index contributed by atoms with van der Waals surface area (Å²) in [6.45, 7) is 2.29. The van der Waals surface area contributed by atoms with E-state index in [4.69, 9.17) is 4.42 Å². The maximum atomic E-state index is 9.25. The standard InChI is InChI=1S/C15H16N4O/c1-10-8-17-14(20-10)9-18-15-12(7-16)6-11-4-2-3-5-13(11)19-15/h6,8H,2-5,9H2,1H3,(H,18,19). The summed E-state index contributed by atoms with van der Waals surface area (Å²) in [5, 5.41) is 12.4. The van der Waals surface area contributed by atoms with Crippen molar-refractivity contribution in [3.8, 4) is 6.07 Å². The molecular formula is C15H16N4O. The van der Waals surface area contributed by atoms with E-state index in [-0.39, 0.29) is 0 Å². The second-order valence-electron chi connectivity index (χ2n) is 5.03. The highest BCUT2D eigenvalue weighted by molar-refractivity contribution is 5.54. The Labute approximate surface area is 117 Å². The minimum Gasteiger partial charge on any atom is -0.444 e. The van der Waals surface area contributed by atoms with Gasteiger partial charge in [-0.15, -0.1) is 0 Å². The fourth-order valence-electron chi connectivity index (χ4n) is 2.50.